The summed E-state index contributed by atoms with van der Waals surface area (Å²) in [4.78, 5) is 24.0. The fourth-order valence-corrected chi connectivity index (χ4v) is 3.85. The lowest BCUT2D eigenvalue weighted by Gasteiger charge is -2.33. The number of halogens is 2. The molecule has 160 valence electrons. The third-order valence-corrected chi connectivity index (χ3v) is 5.76. The second kappa shape index (κ2) is 10.2. The third kappa shape index (κ3) is 6.04. The molecule has 0 radical (unpaired) electrons. The predicted molar refractivity (Wildman–Crippen MR) is 106 cm³/mol. The van der Waals surface area contributed by atoms with Gasteiger partial charge in [0.2, 0.25) is 5.91 Å². The van der Waals surface area contributed by atoms with Gasteiger partial charge in [-0.1, -0.05) is 11.6 Å². The molecule has 2 saturated heterocycles. The minimum atomic E-state index is -0.467. The Labute approximate surface area is 174 Å². The van der Waals surface area contributed by atoms with Gasteiger partial charge in [0.25, 0.3) is 0 Å². The molecule has 1 amide bonds. The van der Waals surface area contributed by atoms with Gasteiger partial charge in [0, 0.05) is 25.1 Å². The fourth-order valence-electron chi connectivity index (χ4n) is 3.68. The second-order valence-corrected chi connectivity index (χ2v) is 7.97. The molecule has 3 N–H and O–H groups in total. The van der Waals surface area contributed by atoms with Gasteiger partial charge in [-0.05, 0) is 37.8 Å². The molecule has 4 atom stereocenters. The van der Waals surface area contributed by atoms with Crippen molar-refractivity contribution in [1.82, 2.24) is 16.0 Å². The van der Waals surface area contributed by atoms with Gasteiger partial charge in [0.15, 0.2) is 0 Å². The summed E-state index contributed by atoms with van der Waals surface area (Å²) >= 11 is 5.76. The van der Waals surface area contributed by atoms with Crippen molar-refractivity contribution in [1.29, 1.82) is 0 Å². The Kier molecular flexibility index (Phi) is 7.69. The lowest BCUT2D eigenvalue weighted by atomic mass is 9.94. The van der Waals surface area contributed by atoms with E-state index in [9.17, 15) is 14.0 Å². The van der Waals surface area contributed by atoms with E-state index in [-0.39, 0.29) is 35.0 Å². The van der Waals surface area contributed by atoms with Gasteiger partial charge in [0.1, 0.15) is 11.6 Å². The molecule has 2 aliphatic rings. The van der Waals surface area contributed by atoms with E-state index < -0.39 is 5.82 Å². The average Bonchev–Trinajstić information content (AvgIpc) is 2.75. The van der Waals surface area contributed by atoms with Crippen molar-refractivity contribution < 1.29 is 23.5 Å². The van der Waals surface area contributed by atoms with Crippen molar-refractivity contribution in [2.45, 2.75) is 37.9 Å². The standard InChI is InChI=1S/C20H27ClFN3O4/c1-28-20(27)13-3-6-17(23-10-13)19(26)25-18-7-2-12(9-24-18)11-29-14-4-5-16(22)15(21)8-14/h4-5,8,12-13,17-18,23-24H,2-3,6-7,9-11H2,1H3,(H,25,26). The van der Waals surface area contributed by atoms with Gasteiger partial charge in [0.05, 0.1) is 36.9 Å². The molecule has 2 aliphatic heterocycles. The van der Waals surface area contributed by atoms with E-state index in [1.807, 2.05) is 0 Å². The van der Waals surface area contributed by atoms with Crippen molar-refractivity contribution >= 4 is 23.5 Å². The number of ether oxygens (including phenoxy) is 2. The lowest BCUT2D eigenvalue weighted by molar-refractivity contribution is -0.146. The Morgan fingerprint density at radius 3 is 2.66 bits per heavy atom. The number of piperidine rings is 2. The molecule has 0 saturated carbocycles. The number of amides is 1. The third-order valence-electron chi connectivity index (χ3n) is 5.48. The van der Waals surface area contributed by atoms with Gasteiger partial charge in [-0.25, -0.2) is 4.39 Å². The maximum atomic E-state index is 13.2. The van der Waals surface area contributed by atoms with Crippen LogP contribution in [0.5, 0.6) is 5.75 Å². The number of hydrogen-bond acceptors (Lipinski definition) is 6. The number of esters is 1. The summed E-state index contributed by atoms with van der Waals surface area (Å²) in [7, 11) is 1.38. The minimum Gasteiger partial charge on any atom is -0.493 e. The fraction of sp³-hybridized carbons (Fsp3) is 0.600. The van der Waals surface area contributed by atoms with Crippen LogP contribution in [0.1, 0.15) is 25.7 Å². The number of nitrogens with one attached hydrogen (secondary N) is 3. The van der Waals surface area contributed by atoms with Crippen LogP contribution in [-0.2, 0) is 14.3 Å². The first-order valence-electron chi connectivity index (χ1n) is 9.89. The van der Waals surface area contributed by atoms with E-state index >= 15 is 0 Å². The summed E-state index contributed by atoms with van der Waals surface area (Å²) in [5.74, 6) is -0.109. The van der Waals surface area contributed by atoms with Gasteiger partial charge < -0.3 is 20.1 Å². The second-order valence-electron chi connectivity index (χ2n) is 7.56. The lowest BCUT2D eigenvalue weighted by Crippen LogP contribution is -2.57. The van der Waals surface area contributed by atoms with Crippen molar-refractivity contribution in [2.75, 3.05) is 26.8 Å². The summed E-state index contributed by atoms with van der Waals surface area (Å²) in [5.41, 5.74) is 0. The maximum Gasteiger partial charge on any atom is 0.309 e. The molecular formula is C20H27ClFN3O4. The van der Waals surface area contributed by atoms with E-state index in [0.717, 1.165) is 12.8 Å². The first kappa shape index (κ1) is 21.8. The van der Waals surface area contributed by atoms with E-state index in [1.54, 1.807) is 6.07 Å². The Morgan fingerprint density at radius 1 is 1.21 bits per heavy atom. The molecule has 9 heteroatoms. The smallest absolute Gasteiger partial charge is 0.309 e. The molecule has 3 rings (SSSR count). The Bertz CT molecular complexity index is 720. The molecule has 1 aromatic carbocycles. The van der Waals surface area contributed by atoms with Crippen LogP contribution in [0.25, 0.3) is 0 Å². The molecule has 2 heterocycles. The highest BCUT2D eigenvalue weighted by atomic mass is 35.5. The molecule has 4 unspecified atom stereocenters. The van der Waals surface area contributed by atoms with Crippen molar-refractivity contribution in [3.8, 4) is 5.75 Å². The number of benzene rings is 1. The van der Waals surface area contributed by atoms with Crippen LogP contribution in [0, 0.1) is 17.7 Å². The molecule has 29 heavy (non-hydrogen) atoms. The zero-order valence-electron chi connectivity index (χ0n) is 16.4. The molecule has 2 fully saturated rings. The topological polar surface area (TPSA) is 88.7 Å². The Balaban J connectivity index is 1.36. The van der Waals surface area contributed by atoms with Gasteiger partial charge >= 0.3 is 5.97 Å². The van der Waals surface area contributed by atoms with Crippen LogP contribution in [0.3, 0.4) is 0 Å². The van der Waals surface area contributed by atoms with E-state index in [2.05, 4.69) is 16.0 Å². The number of methoxy groups -OCH3 is 1. The molecule has 7 nitrogen and oxygen atoms in total. The van der Waals surface area contributed by atoms with Crippen LogP contribution >= 0.6 is 11.6 Å². The SMILES string of the molecule is COC(=O)C1CCC(C(=O)NC2CCC(COc3ccc(F)c(Cl)c3)CN2)NC1. The molecular weight excluding hydrogens is 401 g/mol. The summed E-state index contributed by atoms with van der Waals surface area (Å²) in [5, 5.41) is 9.53. The van der Waals surface area contributed by atoms with Crippen molar-refractivity contribution in [3.63, 3.8) is 0 Å². The van der Waals surface area contributed by atoms with Crippen LogP contribution in [0.2, 0.25) is 5.02 Å². The monoisotopic (exact) mass is 427 g/mol. The van der Waals surface area contributed by atoms with Crippen LogP contribution < -0.4 is 20.7 Å². The number of carbonyl (C=O) groups excluding carboxylic acids is 2. The van der Waals surface area contributed by atoms with E-state index in [4.69, 9.17) is 21.1 Å². The summed E-state index contributed by atoms with van der Waals surface area (Å²) in [6, 6.07) is 4.03. The Morgan fingerprint density at radius 2 is 2.03 bits per heavy atom. The van der Waals surface area contributed by atoms with Gasteiger partial charge in [-0.15, -0.1) is 0 Å². The predicted octanol–water partition coefficient (Wildman–Crippen LogP) is 1.84. The van der Waals surface area contributed by atoms with Crippen LogP contribution in [0.15, 0.2) is 18.2 Å². The largest absolute Gasteiger partial charge is 0.493 e. The maximum absolute atomic E-state index is 13.2. The molecule has 0 aromatic heterocycles. The van der Waals surface area contributed by atoms with Crippen LogP contribution in [-0.4, -0.2) is 50.9 Å². The molecule has 0 spiro atoms. The average molecular weight is 428 g/mol. The van der Waals surface area contributed by atoms with E-state index in [0.29, 0.717) is 44.2 Å². The minimum absolute atomic E-state index is 0.0428. The van der Waals surface area contributed by atoms with Gasteiger partial charge in [-0.3, -0.25) is 14.9 Å². The molecule has 0 aliphatic carbocycles. The zero-order chi connectivity index (χ0) is 20.8. The summed E-state index contributed by atoms with van der Waals surface area (Å²) in [6.07, 6.45) is 2.85. The van der Waals surface area contributed by atoms with Gasteiger partial charge in [-0.2, -0.15) is 0 Å². The van der Waals surface area contributed by atoms with E-state index in [1.165, 1.54) is 19.2 Å². The summed E-state index contributed by atoms with van der Waals surface area (Å²) < 4.78 is 23.6. The highest BCUT2D eigenvalue weighted by molar-refractivity contribution is 6.30. The summed E-state index contributed by atoms with van der Waals surface area (Å²) in [6.45, 7) is 1.66. The number of carbonyl (C=O) groups is 2. The highest BCUT2D eigenvalue weighted by Gasteiger charge is 2.31. The Hall–Kier alpha value is -1.90. The van der Waals surface area contributed by atoms with Crippen molar-refractivity contribution in [2.24, 2.45) is 11.8 Å². The van der Waals surface area contributed by atoms with Crippen molar-refractivity contribution in [3.05, 3.63) is 29.0 Å². The van der Waals surface area contributed by atoms with Crippen LogP contribution in [0.4, 0.5) is 4.39 Å². The quantitative estimate of drug-likeness (QED) is 0.600. The normalized spacial score (nSPS) is 27.1. The highest BCUT2D eigenvalue weighted by Crippen LogP contribution is 2.23. The first-order chi connectivity index (χ1) is 14.0. The molecule has 0 bridgehead atoms. The first-order valence-corrected chi connectivity index (χ1v) is 10.3. The number of rotatable bonds is 6. The number of hydrogen-bond donors (Lipinski definition) is 3. The zero-order valence-corrected chi connectivity index (χ0v) is 17.1. The molecule has 1 aromatic rings.